The lowest BCUT2D eigenvalue weighted by Gasteiger charge is -2.59. The van der Waals surface area contributed by atoms with E-state index in [2.05, 4.69) is 31.4 Å². The number of nitrogens with two attached hydrogens (primary N) is 1. The van der Waals surface area contributed by atoms with E-state index in [9.17, 15) is 18.4 Å². The monoisotopic (exact) mass is 472 g/mol. The van der Waals surface area contributed by atoms with Crippen molar-refractivity contribution in [3.63, 3.8) is 0 Å². The van der Waals surface area contributed by atoms with Gasteiger partial charge in [-0.2, -0.15) is 10.2 Å². The van der Waals surface area contributed by atoms with Crippen molar-refractivity contribution in [3.8, 4) is 11.8 Å². The predicted molar refractivity (Wildman–Crippen MR) is 120 cm³/mol. The predicted octanol–water partition coefficient (Wildman–Crippen LogP) is 4.42. The van der Waals surface area contributed by atoms with Crippen LogP contribution in [0.4, 0.5) is 24.9 Å². The van der Waals surface area contributed by atoms with Crippen LogP contribution in [0.2, 0.25) is 0 Å². The number of nitriles is 1. The Labute approximate surface area is 195 Å². The average molecular weight is 473 g/mol. The van der Waals surface area contributed by atoms with E-state index < -0.39 is 6.36 Å². The molecule has 1 aromatic carbocycles. The topological polar surface area (TPSA) is 109 Å². The normalized spacial score (nSPS) is 29.5. The molecule has 1 heterocycles. The molecule has 180 valence electrons. The van der Waals surface area contributed by atoms with E-state index in [1.807, 2.05) is 0 Å². The van der Waals surface area contributed by atoms with Gasteiger partial charge in [0, 0.05) is 24.7 Å². The van der Waals surface area contributed by atoms with Crippen molar-refractivity contribution in [2.45, 2.75) is 51.1 Å². The van der Waals surface area contributed by atoms with Gasteiger partial charge >= 0.3 is 6.36 Å². The van der Waals surface area contributed by atoms with Crippen LogP contribution in [-0.4, -0.2) is 28.9 Å². The lowest BCUT2D eigenvalue weighted by Crippen LogP contribution is -2.58. The highest BCUT2D eigenvalue weighted by molar-refractivity contribution is 5.53. The van der Waals surface area contributed by atoms with Gasteiger partial charge < -0.3 is 21.1 Å². The Kier molecular flexibility index (Phi) is 5.76. The molecule has 7 nitrogen and oxygen atoms in total. The molecule has 4 N–H and O–H groups in total. The Morgan fingerprint density at radius 2 is 1.88 bits per heavy atom. The van der Waals surface area contributed by atoms with Crippen LogP contribution in [0.5, 0.6) is 5.75 Å². The number of anilines is 2. The van der Waals surface area contributed by atoms with Crippen molar-refractivity contribution in [3.05, 3.63) is 41.6 Å². The highest BCUT2D eigenvalue weighted by Gasteiger charge is 2.54. The first-order valence-electron chi connectivity index (χ1n) is 11.6. The molecule has 5 atom stereocenters. The molecule has 4 aliphatic rings. The largest absolute Gasteiger partial charge is 0.573 e. The van der Waals surface area contributed by atoms with Gasteiger partial charge in [0.15, 0.2) is 0 Å². The van der Waals surface area contributed by atoms with Gasteiger partial charge in [-0.15, -0.1) is 13.2 Å². The number of para-hydroxylation sites is 1. The molecule has 10 heteroatoms. The highest BCUT2D eigenvalue weighted by Crippen LogP contribution is 2.59. The molecule has 0 saturated heterocycles. The molecule has 4 bridgehead atoms. The van der Waals surface area contributed by atoms with Crippen molar-refractivity contribution in [1.29, 1.82) is 5.26 Å². The average Bonchev–Trinajstić information content (AvgIpc) is 2.79. The first-order chi connectivity index (χ1) is 16.2. The zero-order chi connectivity index (χ0) is 23.9. The molecule has 4 fully saturated rings. The minimum Gasteiger partial charge on any atom is -0.405 e. The zero-order valence-electron chi connectivity index (χ0n) is 18.6. The van der Waals surface area contributed by atoms with Crippen LogP contribution < -0.4 is 21.1 Å². The molecule has 0 aliphatic heterocycles. The van der Waals surface area contributed by atoms with E-state index >= 15 is 0 Å². The van der Waals surface area contributed by atoms with E-state index in [4.69, 9.17) is 5.73 Å². The fourth-order valence-corrected chi connectivity index (χ4v) is 6.45. The summed E-state index contributed by atoms with van der Waals surface area (Å²) in [6, 6.07) is 8.32. The second kappa shape index (κ2) is 8.62. The maximum absolute atomic E-state index is 12.7. The third-order valence-electron chi connectivity index (χ3n) is 7.65. The van der Waals surface area contributed by atoms with Crippen LogP contribution >= 0.6 is 0 Å². The molecule has 34 heavy (non-hydrogen) atoms. The second-order valence-electron chi connectivity index (χ2n) is 9.98. The number of hydrogen-bond donors (Lipinski definition) is 3. The summed E-state index contributed by atoms with van der Waals surface area (Å²) < 4.78 is 42.1. The number of benzene rings is 1. The molecule has 0 radical (unpaired) electrons. The summed E-state index contributed by atoms with van der Waals surface area (Å²) in [5.41, 5.74) is 7.27. The number of ether oxygens (including phenoxy) is 1. The van der Waals surface area contributed by atoms with Crippen LogP contribution in [0.1, 0.15) is 43.2 Å². The van der Waals surface area contributed by atoms with Crippen LogP contribution in [0.3, 0.4) is 0 Å². The van der Waals surface area contributed by atoms with Gasteiger partial charge in [0.25, 0.3) is 0 Å². The Morgan fingerprint density at radius 1 is 1.15 bits per heavy atom. The van der Waals surface area contributed by atoms with Gasteiger partial charge in [-0.1, -0.05) is 18.2 Å². The van der Waals surface area contributed by atoms with Gasteiger partial charge in [-0.3, -0.25) is 0 Å². The molecule has 4 saturated carbocycles. The van der Waals surface area contributed by atoms with Crippen LogP contribution in [0, 0.1) is 34.5 Å². The standard InChI is InChI=1S/C24H27F3N6O/c25-24(26,27)34-19-4-2-1-3-15(19)11-30-22-31-12-18(10-28)21(33-22)32-13-23-7-14-5-16(8-23)20(29)17(6-14)9-23/h1-4,12,14,16-17,20H,5-9,11,13,29H2,(H2,30,31,32,33)/t14?,16-,17+,20+,23-. The van der Waals surface area contributed by atoms with Gasteiger partial charge in [0.05, 0.1) is 6.20 Å². The molecule has 4 aliphatic carbocycles. The van der Waals surface area contributed by atoms with Crippen molar-refractivity contribution >= 4 is 11.8 Å². The first-order valence-corrected chi connectivity index (χ1v) is 11.6. The Hall–Kier alpha value is -3.06. The zero-order valence-corrected chi connectivity index (χ0v) is 18.6. The lowest BCUT2D eigenvalue weighted by molar-refractivity contribution is -0.274. The Morgan fingerprint density at radius 3 is 2.59 bits per heavy atom. The van der Waals surface area contributed by atoms with Crippen LogP contribution in [-0.2, 0) is 6.54 Å². The number of nitrogens with one attached hydrogen (secondary N) is 2. The SMILES string of the molecule is N#Cc1cnc(NCc2ccccc2OC(F)(F)F)nc1NC[C@]12CC3C[C@H](C1)[C@H](N)[C@@H](C3)C2. The number of halogens is 3. The molecule has 1 unspecified atom stereocenters. The van der Waals surface area contributed by atoms with E-state index in [1.165, 1.54) is 43.7 Å². The molecular formula is C24H27F3N6O. The van der Waals surface area contributed by atoms with Crippen molar-refractivity contribution < 1.29 is 17.9 Å². The van der Waals surface area contributed by atoms with E-state index in [0.717, 1.165) is 25.3 Å². The number of aromatic nitrogens is 2. The van der Waals surface area contributed by atoms with Gasteiger partial charge in [0.2, 0.25) is 5.95 Å². The van der Waals surface area contributed by atoms with Crippen LogP contribution in [0.15, 0.2) is 30.5 Å². The Balaban J connectivity index is 1.28. The van der Waals surface area contributed by atoms with Gasteiger partial charge in [-0.05, 0) is 61.3 Å². The molecular weight excluding hydrogens is 445 g/mol. The third-order valence-corrected chi connectivity index (χ3v) is 7.65. The Bertz CT molecular complexity index is 1080. The minimum absolute atomic E-state index is 0.0322. The summed E-state index contributed by atoms with van der Waals surface area (Å²) >= 11 is 0. The smallest absolute Gasteiger partial charge is 0.405 e. The first kappa shape index (κ1) is 22.7. The summed E-state index contributed by atoms with van der Waals surface area (Å²) in [6.45, 7) is 0.751. The summed E-state index contributed by atoms with van der Waals surface area (Å²) in [5, 5.41) is 15.9. The summed E-state index contributed by atoms with van der Waals surface area (Å²) in [4.78, 5) is 8.60. The third kappa shape index (κ3) is 4.62. The quantitative estimate of drug-likeness (QED) is 0.547. The minimum atomic E-state index is -4.78. The highest BCUT2D eigenvalue weighted by atomic mass is 19.4. The lowest BCUT2D eigenvalue weighted by atomic mass is 9.48. The number of nitrogens with zero attached hydrogens (tertiary/aromatic N) is 3. The van der Waals surface area contributed by atoms with Gasteiger partial charge in [0.1, 0.15) is 23.2 Å². The van der Waals surface area contributed by atoms with E-state index in [1.54, 1.807) is 6.07 Å². The number of alkyl halides is 3. The van der Waals surface area contributed by atoms with Crippen LogP contribution in [0.25, 0.3) is 0 Å². The fourth-order valence-electron chi connectivity index (χ4n) is 6.45. The number of rotatable bonds is 7. The second-order valence-corrected chi connectivity index (χ2v) is 9.98. The molecule has 2 aromatic rings. The van der Waals surface area contributed by atoms with Crippen molar-refractivity contribution in [2.75, 3.05) is 17.2 Å². The maximum atomic E-state index is 12.7. The molecule has 1 aromatic heterocycles. The summed E-state index contributed by atoms with van der Waals surface area (Å²) in [7, 11) is 0. The fraction of sp³-hybridized carbons (Fsp3) is 0.542. The van der Waals surface area contributed by atoms with Crippen molar-refractivity contribution in [2.24, 2.45) is 28.9 Å². The molecule has 0 amide bonds. The summed E-state index contributed by atoms with van der Waals surface area (Å²) in [6.07, 6.45) is 2.47. The molecule has 6 rings (SSSR count). The number of hydrogen-bond acceptors (Lipinski definition) is 7. The summed E-state index contributed by atoms with van der Waals surface area (Å²) in [5.74, 6) is 2.25. The van der Waals surface area contributed by atoms with E-state index in [0.29, 0.717) is 34.8 Å². The van der Waals surface area contributed by atoms with Gasteiger partial charge in [-0.25, -0.2) is 4.98 Å². The molecule has 0 spiro atoms. The maximum Gasteiger partial charge on any atom is 0.573 e. The van der Waals surface area contributed by atoms with Crippen molar-refractivity contribution in [1.82, 2.24) is 9.97 Å². The van der Waals surface area contributed by atoms with E-state index in [-0.39, 0.29) is 23.7 Å².